The van der Waals surface area contributed by atoms with E-state index in [-0.39, 0.29) is 52.8 Å². The zero-order valence-corrected chi connectivity index (χ0v) is 49.7. The molecule has 6 N–H and O–H groups in total. The molecule has 0 radical (unpaired) electrons. The Hall–Kier alpha value is -8.80. The summed E-state index contributed by atoms with van der Waals surface area (Å²) >= 11 is 0. The van der Waals surface area contributed by atoms with E-state index in [0.29, 0.717) is 12.4 Å². The molecule has 0 unspecified atom stereocenters. The summed E-state index contributed by atoms with van der Waals surface area (Å²) in [5.74, 6) is 9.73. The summed E-state index contributed by atoms with van der Waals surface area (Å²) in [5, 5.41) is 34.7. The van der Waals surface area contributed by atoms with Crippen molar-refractivity contribution in [3.05, 3.63) is 339 Å². The molecule has 10 aromatic rings. The zero-order chi connectivity index (χ0) is 58.5. The highest BCUT2D eigenvalue weighted by atomic mass is 16.5. The summed E-state index contributed by atoms with van der Waals surface area (Å²) in [6.07, 6.45) is 7.23. The van der Waals surface area contributed by atoms with E-state index >= 15 is 0 Å². The van der Waals surface area contributed by atoms with Gasteiger partial charge in [0.25, 0.3) is 0 Å². The van der Waals surface area contributed by atoms with Gasteiger partial charge in [-0.2, -0.15) is 0 Å². The van der Waals surface area contributed by atoms with E-state index in [1.165, 1.54) is 154 Å². The van der Waals surface area contributed by atoms with Crippen LogP contribution in [-0.4, -0.2) is 53.8 Å². The Morgan fingerprint density at radius 2 is 0.483 bits per heavy atom. The first-order valence-corrected chi connectivity index (χ1v) is 31.1. The van der Waals surface area contributed by atoms with Crippen molar-refractivity contribution in [3.8, 4) is 23.3 Å². The van der Waals surface area contributed by atoms with Crippen molar-refractivity contribution in [1.82, 2.24) is 0 Å². The van der Waals surface area contributed by atoms with Crippen molar-refractivity contribution < 1.29 is 30.6 Å². The molecule has 6 heteroatoms. The summed E-state index contributed by atoms with van der Waals surface area (Å²) < 4.78 is 7.68. The molecular formula is C81H72O6. The van der Waals surface area contributed by atoms with Crippen LogP contribution in [0, 0.1) is 11.8 Å². The maximum atomic E-state index is 13.7. The number of rotatable bonds is 8. The first kappa shape index (κ1) is 56.0. The Bertz CT molecular complexity index is 4000. The number of ether oxygens (including phenoxy) is 1. The molecule has 0 fully saturated rings. The molecule has 0 spiro atoms. The summed E-state index contributed by atoms with van der Waals surface area (Å²) in [6.45, 7) is 2.98. The van der Waals surface area contributed by atoms with Crippen molar-refractivity contribution in [2.75, 3.05) is 27.9 Å². The quantitative estimate of drug-likeness (QED) is 0.0892. The lowest BCUT2D eigenvalue weighted by Gasteiger charge is -2.49. The molecule has 87 heavy (non-hydrogen) atoms. The van der Waals surface area contributed by atoms with Crippen molar-refractivity contribution in [1.29, 1.82) is 0 Å². The number of aromatic hydroxyl groups is 1. The van der Waals surface area contributed by atoms with Gasteiger partial charge in [-0.15, -0.1) is 0 Å². The Kier molecular flexibility index (Phi) is 14.5. The second-order valence-electron chi connectivity index (χ2n) is 24.1. The highest BCUT2D eigenvalue weighted by Gasteiger charge is 2.54. The fourth-order valence-electron chi connectivity index (χ4n) is 17.7. The van der Waals surface area contributed by atoms with Gasteiger partial charge in [0.15, 0.2) is 0 Å². The van der Waals surface area contributed by atoms with Crippen LogP contribution in [0.1, 0.15) is 237 Å². The van der Waals surface area contributed by atoms with Crippen LogP contribution < -0.4 is 4.74 Å². The average molecular weight is 1140 g/mol. The van der Waals surface area contributed by atoms with Crippen LogP contribution in [0.2, 0.25) is 0 Å². The molecule has 6 nitrogen and oxygen atoms in total. The highest BCUT2D eigenvalue weighted by molar-refractivity contribution is 5.86. The van der Waals surface area contributed by atoms with Crippen LogP contribution in [0.5, 0.6) is 11.5 Å². The molecule has 0 saturated carbocycles. The highest BCUT2D eigenvalue weighted by Crippen LogP contribution is 2.68. The molecule has 22 rings (SSSR count). The monoisotopic (exact) mass is 1140 g/mol. The predicted molar refractivity (Wildman–Crippen MR) is 347 cm³/mol. The van der Waals surface area contributed by atoms with Gasteiger partial charge in [-0.3, -0.25) is 0 Å². The van der Waals surface area contributed by atoms with Gasteiger partial charge >= 0.3 is 0 Å². The van der Waals surface area contributed by atoms with Crippen LogP contribution in [0.25, 0.3) is 0 Å². The van der Waals surface area contributed by atoms with E-state index in [0.717, 1.165) is 56.6 Å². The van der Waals surface area contributed by atoms with Gasteiger partial charge in [-0.25, -0.2) is 0 Å². The van der Waals surface area contributed by atoms with Gasteiger partial charge in [0.2, 0.25) is 0 Å². The second-order valence-corrected chi connectivity index (χ2v) is 24.1. The van der Waals surface area contributed by atoms with Crippen LogP contribution in [0.15, 0.2) is 194 Å². The number of hydrogen-bond donors (Lipinski definition) is 4. The van der Waals surface area contributed by atoms with Gasteiger partial charge in [-0.05, 0) is 118 Å². The molecule has 12 aliphatic carbocycles. The fraction of sp³-hybridized carbons (Fsp3) is 0.235. The molecule has 12 aliphatic rings. The Morgan fingerprint density at radius 3 is 0.724 bits per heavy atom. The normalized spacial score (nSPS) is 20.1. The summed E-state index contributed by atoms with van der Waals surface area (Å²) in [7, 11) is 3.00. The number of hydrogen-bond acceptors (Lipinski definition) is 5. The van der Waals surface area contributed by atoms with Gasteiger partial charge in [0, 0.05) is 102 Å². The van der Waals surface area contributed by atoms with Gasteiger partial charge < -0.3 is 30.6 Å². The molecule has 8 bridgehead atoms. The topological polar surface area (TPSA) is 122 Å². The fourth-order valence-corrected chi connectivity index (χ4v) is 17.7. The Labute approximate surface area is 510 Å². The number of aliphatic hydroxyl groups is 3. The lowest BCUT2D eigenvalue weighted by Crippen LogP contribution is -2.34. The minimum absolute atomic E-state index is 0. The predicted octanol–water partition coefficient (Wildman–Crippen LogP) is 15.5. The molecule has 10 aromatic carbocycles. The first-order valence-electron chi connectivity index (χ1n) is 31.1. The molecule has 0 heterocycles. The first-order chi connectivity index (χ1) is 42.7. The number of benzene rings is 10. The molecule has 0 saturated heterocycles. The molecular weight excluding hydrogens is 1070 g/mol. The van der Waals surface area contributed by atoms with Gasteiger partial charge in [-0.1, -0.05) is 245 Å². The lowest BCUT2D eigenvalue weighted by molar-refractivity contribution is 0.295. The van der Waals surface area contributed by atoms with E-state index in [1.807, 2.05) is 0 Å². The molecule has 432 valence electrons. The SMILES string of the molecule is CCCCCCCCOc1c2c(c(C#Cc3c4c(c(O)c5c3C3c6ccccc6C5c5ccccc53)C3c5ccccc5C4c4ccccc43)c3c1C1c4ccccc4C3c3ccccc31)C1c3ccccc3C2c2ccccc21.CO.CO.CO.O. The maximum absolute atomic E-state index is 13.7. The van der Waals surface area contributed by atoms with Crippen LogP contribution in [-0.2, 0) is 0 Å². The minimum Gasteiger partial charge on any atom is -0.507 e. The molecule has 0 atom stereocenters. The van der Waals surface area contributed by atoms with E-state index < -0.39 is 0 Å². The van der Waals surface area contributed by atoms with Crippen LogP contribution >= 0.6 is 0 Å². The van der Waals surface area contributed by atoms with E-state index in [9.17, 15) is 5.11 Å². The number of aliphatic hydroxyl groups excluding tert-OH is 3. The third kappa shape index (κ3) is 7.76. The second kappa shape index (κ2) is 22.5. The molecule has 0 aromatic heterocycles. The van der Waals surface area contributed by atoms with E-state index in [2.05, 4.69) is 213 Å². The lowest BCUT2D eigenvalue weighted by atomic mass is 9.54. The standard InChI is InChI=1S/C78H58O2.3CH4O.H2O/c1-2-3-4-5-6-23-42-80-78-75-67-55-36-19-11-28-47(55)63(48-29-12-20-37-56(48)67)71(75)60(72-64-49-30-13-21-38-57(49)68(76(72)78)58-39-22-14-31-50(58)64)41-40-59-69-61-43-24-7-15-32-51(43)65(52-33-16-8-25-44(52)61)73(69)77(79)74-66-53-34-17-9-26-45(53)62(70(59)74)46-27-10-18-35-54(46)66;3*1-2;/h7-22,24-39,61-68,79H,2-6,23,42H2,1H3;3*2H,1H3;1H2. The van der Waals surface area contributed by atoms with Gasteiger partial charge in [0.05, 0.1) is 6.61 Å². The van der Waals surface area contributed by atoms with E-state index in [1.54, 1.807) is 0 Å². The van der Waals surface area contributed by atoms with Crippen molar-refractivity contribution in [2.24, 2.45) is 0 Å². The maximum Gasteiger partial charge on any atom is 0.128 e. The minimum atomic E-state index is -0.129. The van der Waals surface area contributed by atoms with Gasteiger partial charge in [0.1, 0.15) is 11.5 Å². The van der Waals surface area contributed by atoms with Crippen molar-refractivity contribution in [3.63, 3.8) is 0 Å². The Morgan fingerprint density at radius 1 is 0.287 bits per heavy atom. The number of phenols is 1. The van der Waals surface area contributed by atoms with Crippen molar-refractivity contribution >= 4 is 0 Å². The number of phenolic OH excluding ortho intramolecular Hbond substituents is 1. The summed E-state index contributed by atoms with van der Waals surface area (Å²) in [5.41, 5.74) is 33.6. The largest absolute Gasteiger partial charge is 0.507 e. The Balaban J connectivity index is 0.000000926. The average Bonchev–Trinajstić information content (AvgIpc) is 0.708. The number of unbranched alkanes of at least 4 members (excludes halogenated alkanes) is 5. The summed E-state index contributed by atoms with van der Waals surface area (Å²) in [4.78, 5) is 0. The van der Waals surface area contributed by atoms with E-state index in [4.69, 9.17) is 20.1 Å². The van der Waals surface area contributed by atoms with Crippen LogP contribution in [0.3, 0.4) is 0 Å². The third-order valence-electron chi connectivity index (χ3n) is 20.5. The third-order valence-corrected chi connectivity index (χ3v) is 20.5. The van der Waals surface area contributed by atoms with Crippen LogP contribution in [0.4, 0.5) is 0 Å². The molecule has 0 amide bonds. The van der Waals surface area contributed by atoms with Crippen molar-refractivity contribution in [2.45, 2.75) is 92.8 Å². The zero-order valence-electron chi connectivity index (χ0n) is 49.7. The summed E-state index contributed by atoms with van der Waals surface area (Å²) in [6, 6.07) is 73.5. The molecule has 0 aliphatic heterocycles. The smallest absolute Gasteiger partial charge is 0.128 e.